The fourth-order valence-electron chi connectivity index (χ4n) is 5.39. The summed E-state index contributed by atoms with van der Waals surface area (Å²) in [7, 11) is 0. The van der Waals surface area contributed by atoms with Gasteiger partial charge in [-0.05, 0) is 52.2 Å². The summed E-state index contributed by atoms with van der Waals surface area (Å²) in [4.78, 5) is 55.7. The molecule has 4 aromatic rings. The number of cyclic esters (lactones) is 1. The van der Waals surface area contributed by atoms with Gasteiger partial charge in [0.25, 0.3) is 5.56 Å². The largest absolute Gasteiger partial charge is 0.457 e. The zero-order valence-corrected chi connectivity index (χ0v) is 23.7. The summed E-state index contributed by atoms with van der Waals surface area (Å²) in [6.45, 7) is 3.08. The molecular formula is C30H24BrN3O7. The Morgan fingerprint density at radius 3 is 2.63 bits per heavy atom. The highest BCUT2D eigenvalue weighted by Crippen LogP contribution is 2.43. The van der Waals surface area contributed by atoms with E-state index in [1.165, 1.54) is 6.92 Å². The van der Waals surface area contributed by atoms with E-state index < -0.39 is 23.6 Å². The summed E-state index contributed by atoms with van der Waals surface area (Å²) in [6, 6.07) is 16.3. The van der Waals surface area contributed by atoms with Crippen LogP contribution in [0.2, 0.25) is 0 Å². The van der Waals surface area contributed by atoms with Gasteiger partial charge in [-0.2, -0.15) is 0 Å². The monoisotopic (exact) mass is 617 g/mol. The van der Waals surface area contributed by atoms with Crippen molar-refractivity contribution in [3.63, 3.8) is 0 Å². The molecular weight excluding hydrogens is 594 g/mol. The van der Waals surface area contributed by atoms with Gasteiger partial charge in [0, 0.05) is 33.6 Å². The van der Waals surface area contributed by atoms with Gasteiger partial charge in [-0.3, -0.25) is 14.9 Å². The number of fused-ring (bicyclic) bond motifs is 5. The maximum Gasteiger partial charge on any atom is 0.411 e. The Morgan fingerprint density at radius 1 is 1.12 bits per heavy atom. The van der Waals surface area contributed by atoms with Crippen molar-refractivity contribution >= 4 is 50.6 Å². The van der Waals surface area contributed by atoms with Crippen LogP contribution in [0.4, 0.5) is 10.5 Å². The topological polar surface area (TPSA) is 126 Å². The number of benzene rings is 2. The molecule has 2 aromatic heterocycles. The van der Waals surface area contributed by atoms with Gasteiger partial charge in [-0.15, -0.1) is 0 Å². The van der Waals surface area contributed by atoms with Gasteiger partial charge < -0.3 is 18.8 Å². The average Bonchev–Trinajstić information content (AvgIpc) is 3.33. The van der Waals surface area contributed by atoms with E-state index in [2.05, 4.69) is 21.2 Å². The van der Waals surface area contributed by atoms with Crippen LogP contribution in [-0.2, 0) is 49.2 Å². The van der Waals surface area contributed by atoms with Crippen molar-refractivity contribution in [1.29, 1.82) is 0 Å². The summed E-state index contributed by atoms with van der Waals surface area (Å²) >= 11 is 3.69. The minimum absolute atomic E-state index is 0.104. The molecule has 1 atom stereocenters. The number of rotatable bonds is 5. The Bertz CT molecular complexity index is 1820. The molecule has 0 unspecified atom stereocenters. The van der Waals surface area contributed by atoms with E-state index in [0.29, 0.717) is 32.6 Å². The molecule has 0 saturated heterocycles. The Hall–Kier alpha value is -4.51. The van der Waals surface area contributed by atoms with Crippen molar-refractivity contribution < 1.29 is 28.6 Å². The third-order valence-electron chi connectivity index (χ3n) is 7.36. The highest BCUT2D eigenvalue weighted by Gasteiger charge is 2.50. The molecule has 4 heterocycles. The number of pyridine rings is 2. The molecule has 0 spiro atoms. The predicted octanol–water partition coefficient (Wildman–Crippen LogP) is 5.16. The molecule has 41 heavy (non-hydrogen) atoms. The molecule has 6 rings (SSSR count). The van der Waals surface area contributed by atoms with Crippen LogP contribution in [0.25, 0.3) is 22.3 Å². The molecule has 0 fully saturated rings. The number of hydrogen-bond donors (Lipinski definition) is 1. The molecule has 0 radical (unpaired) electrons. The number of ether oxygens (including phenoxy) is 3. The third kappa shape index (κ3) is 4.46. The minimum atomic E-state index is -1.71. The third-order valence-corrected chi connectivity index (χ3v) is 8.27. The Balaban J connectivity index is 1.36. The lowest BCUT2D eigenvalue weighted by molar-refractivity contribution is -0.188. The van der Waals surface area contributed by atoms with Crippen LogP contribution < -0.4 is 10.9 Å². The van der Waals surface area contributed by atoms with E-state index in [-0.39, 0.29) is 37.3 Å². The maximum atomic E-state index is 13.6. The lowest BCUT2D eigenvalue weighted by Crippen LogP contribution is -2.47. The van der Waals surface area contributed by atoms with E-state index in [1.54, 1.807) is 35.8 Å². The van der Waals surface area contributed by atoms with Gasteiger partial charge in [-0.25, -0.2) is 14.6 Å². The number of nitrogens with zero attached hydrogens (tertiary/aromatic N) is 2. The lowest BCUT2D eigenvalue weighted by Gasteiger charge is -2.35. The van der Waals surface area contributed by atoms with Gasteiger partial charge in [0.15, 0.2) is 0 Å². The molecule has 2 aliphatic heterocycles. The van der Waals surface area contributed by atoms with Crippen LogP contribution in [-0.4, -0.2) is 27.6 Å². The molecule has 0 saturated carbocycles. The maximum absolute atomic E-state index is 13.6. The smallest absolute Gasteiger partial charge is 0.411 e. The van der Waals surface area contributed by atoms with E-state index in [0.717, 1.165) is 16.5 Å². The van der Waals surface area contributed by atoms with Crippen molar-refractivity contribution in [1.82, 2.24) is 9.55 Å². The van der Waals surface area contributed by atoms with Crippen molar-refractivity contribution in [2.75, 3.05) is 5.32 Å². The first-order valence-electron chi connectivity index (χ1n) is 13.0. The van der Waals surface area contributed by atoms with E-state index in [9.17, 15) is 19.2 Å². The van der Waals surface area contributed by atoms with Crippen LogP contribution in [0.5, 0.6) is 0 Å². The minimum Gasteiger partial charge on any atom is -0.457 e. The molecule has 1 N–H and O–H groups in total. The predicted molar refractivity (Wildman–Crippen MR) is 152 cm³/mol. The summed E-state index contributed by atoms with van der Waals surface area (Å²) in [6.07, 6.45) is -0.487. The number of hydrogen-bond acceptors (Lipinski definition) is 8. The summed E-state index contributed by atoms with van der Waals surface area (Å²) in [5.41, 5.74) is 2.41. The fraction of sp³-hybridized carbons (Fsp3) is 0.233. The molecule has 2 aromatic carbocycles. The first-order valence-corrected chi connectivity index (χ1v) is 13.8. The second-order valence-electron chi connectivity index (χ2n) is 9.84. The Kier molecular flexibility index (Phi) is 6.61. The van der Waals surface area contributed by atoms with Gasteiger partial charge >= 0.3 is 18.0 Å². The molecule has 2 aliphatic rings. The van der Waals surface area contributed by atoms with Crippen molar-refractivity contribution in [3.8, 4) is 11.4 Å². The second kappa shape index (κ2) is 10.2. The number of aromatic nitrogens is 2. The van der Waals surface area contributed by atoms with Crippen molar-refractivity contribution in [2.45, 2.75) is 45.6 Å². The zero-order chi connectivity index (χ0) is 28.9. The van der Waals surface area contributed by atoms with E-state index >= 15 is 0 Å². The molecule has 11 heteroatoms. The van der Waals surface area contributed by atoms with Crippen LogP contribution in [0.15, 0.2) is 63.9 Å². The normalized spacial score (nSPS) is 16.8. The number of carbonyl (C=O) groups is 3. The Labute approximate surface area is 242 Å². The molecule has 0 aliphatic carbocycles. The van der Waals surface area contributed by atoms with Gasteiger partial charge in [0.1, 0.15) is 13.2 Å². The number of nitrogens with one attached hydrogen (secondary N) is 1. The molecule has 208 valence electrons. The van der Waals surface area contributed by atoms with Gasteiger partial charge in [0.2, 0.25) is 5.60 Å². The first-order chi connectivity index (χ1) is 19.7. The average molecular weight is 618 g/mol. The van der Waals surface area contributed by atoms with E-state index in [1.807, 2.05) is 30.3 Å². The summed E-state index contributed by atoms with van der Waals surface area (Å²) in [5.74, 6) is -1.36. The number of halogens is 1. The molecule has 0 bridgehead atoms. The van der Waals surface area contributed by atoms with Crippen molar-refractivity contribution in [2.24, 2.45) is 0 Å². The van der Waals surface area contributed by atoms with Crippen LogP contribution in [0.3, 0.4) is 0 Å². The van der Waals surface area contributed by atoms with Crippen molar-refractivity contribution in [3.05, 3.63) is 91.7 Å². The van der Waals surface area contributed by atoms with Gasteiger partial charge in [0.05, 0.1) is 29.0 Å². The zero-order valence-electron chi connectivity index (χ0n) is 22.2. The van der Waals surface area contributed by atoms with E-state index in [4.69, 9.17) is 19.2 Å². The molecule has 10 nitrogen and oxygen atoms in total. The lowest BCUT2D eigenvalue weighted by atomic mass is 9.85. The molecule has 1 amide bonds. The van der Waals surface area contributed by atoms with Crippen LogP contribution in [0, 0.1) is 0 Å². The number of carbonyl (C=O) groups excluding carboxylic acids is 3. The first kappa shape index (κ1) is 26.7. The highest BCUT2D eigenvalue weighted by molar-refractivity contribution is 9.10. The number of amides is 1. The Morgan fingerprint density at radius 2 is 1.90 bits per heavy atom. The fourth-order valence-corrected chi connectivity index (χ4v) is 6.02. The highest BCUT2D eigenvalue weighted by atomic mass is 79.9. The summed E-state index contributed by atoms with van der Waals surface area (Å²) < 4.78 is 18.4. The quantitative estimate of drug-likeness (QED) is 0.212. The van der Waals surface area contributed by atoms with Crippen LogP contribution >= 0.6 is 15.9 Å². The van der Waals surface area contributed by atoms with Crippen LogP contribution in [0.1, 0.15) is 42.5 Å². The number of esters is 2. The standard InChI is InChI=1S/C30H24BrN3O7/c1-3-30(41-16(2)35)22-12-24-26-20(13-34(24)27(36)21(22)15-39-28(30)37)25(31)19-11-18(9-10-23(19)33-26)32-29(38)40-14-17-7-5-4-6-8-17/h4-12H,3,13-15H2,1-2H3,(H,32,38)/t30-/m0/s1. The van der Waals surface area contributed by atoms with Gasteiger partial charge in [-0.1, -0.05) is 37.3 Å². The summed E-state index contributed by atoms with van der Waals surface area (Å²) in [5, 5.41) is 3.48. The SMILES string of the molecule is CC[C@@]1(OC(C)=O)C(=O)OCc2c1cc1n(c2=O)Cc2c-1nc1ccc(NC(=O)OCc3ccccc3)cc1c2Br. The second-order valence-corrected chi connectivity index (χ2v) is 10.6. The number of anilines is 1.